The van der Waals surface area contributed by atoms with Gasteiger partial charge in [-0.25, -0.2) is 9.50 Å². The number of ether oxygens (including phenoxy) is 2. The van der Waals surface area contributed by atoms with Gasteiger partial charge in [0, 0.05) is 29.8 Å². The van der Waals surface area contributed by atoms with Gasteiger partial charge in [-0.2, -0.15) is 15.6 Å². The van der Waals surface area contributed by atoms with Gasteiger partial charge in [-0.05, 0) is 51.3 Å². The van der Waals surface area contributed by atoms with Crippen LogP contribution in [0.1, 0.15) is 33.6 Å². The minimum Gasteiger partial charge on any atom is -0.490 e. The highest BCUT2D eigenvalue weighted by Crippen LogP contribution is 2.35. The van der Waals surface area contributed by atoms with Gasteiger partial charge in [-0.1, -0.05) is 0 Å². The minimum atomic E-state index is -0.675. The summed E-state index contributed by atoms with van der Waals surface area (Å²) in [5, 5.41) is 25.6. The lowest BCUT2D eigenvalue weighted by atomic mass is 9.97. The molecule has 9 heteroatoms. The molecule has 3 aromatic heterocycles. The third-order valence-corrected chi connectivity index (χ3v) is 5.19. The zero-order chi connectivity index (χ0) is 23.6. The number of hydrogen-bond acceptors (Lipinski definition) is 7. The first-order valence-corrected chi connectivity index (χ1v) is 10.7. The summed E-state index contributed by atoms with van der Waals surface area (Å²) in [4.78, 5) is 16.3. The highest BCUT2D eigenvalue weighted by atomic mass is 16.5. The van der Waals surface area contributed by atoms with E-state index in [4.69, 9.17) is 14.7 Å². The van der Waals surface area contributed by atoms with E-state index < -0.39 is 11.5 Å². The maximum absolute atomic E-state index is 12.1. The summed E-state index contributed by atoms with van der Waals surface area (Å²) in [5.41, 5.74) is 1.62. The number of aromatic nitrogens is 3. The SMILES string of the molecule is CC(C#N)Oc1cc(-c2ccn3nc(NC(=O)C4CC4)cc3c2)c(OCC(C)(C)C#N)cn1. The Morgan fingerprint density at radius 2 is 2.12 bits per heavy atom. The lowest BCUT2D eigenvalue weighted by Gasteiger charge is -2.19. The van der Waals surface area contributed by atoms with Crippen molar-refractivity contribution in [2.75, 3.05) is 11.9 Å². The van der Waals surface area contributed by atoms with Gasteiger partial charge in [0.25, 0.3) is 0 Å². The fourth-order valence-electron chi connectivity index (χ4n) is 3.12. The summed E-state index contributed by atoms with van der Waals surface area (Å²) in [7, 11) is 0. The second kappa shape index (κ2) is 8.79. The van der Waals surface area contributed by atoms with Crippen LogP contribution in [-0.4, -0.2) is 33.2 Å². The minimum absolute atomic E-state index is 0.00281. The zero-order valence-electron chi connectivity index (χ0n) is 18.7. The van der Waals surface area contributed by atoms with Gasteiger partial charge in [0.1, 0.15) is 18.4 Å². The second-order valence-corrected chi connectivity index (χ2v) is 8.77. The average Bonchev–Trinajstić information content (AvgIpc) is 3.58. The van der Waals surface area contributed by atoms with Crippen LogP contribution in [0.5, 0.6) is 11.6 Å². The molecule has 1 N–H and O–H groups in total. The van der Waals surface area contributed by atoms with Crippen molar-refractivity contribution in [1.82, 2.24) is 14.6 Å². The number of anilines is 1. The molecule has 0 saturated heterocycles. The zero-order valence-corrected chi connectivity index (χ0v) is 18.7. The van der Waals surface area contributed by atoms with Crippen LogP contribution in [0.3, 0.4) is 0 Å². The number of hydrogen-bond donors (Lipinski definition) is 1. The molecule has 1 unspecified atom stereocenters. The number of nitrogens with zero attached hydrogens (tertiary/aromatic N) is 5. The van der Waals surface area contributed by atoms with Crippen molar-refractivity contribution < 1.29 is 14.3 Å². The maximum Gasteiger partial charge on any atom is 0.228 e. The average molecular weight is 444 g/mol. The normalized spacial score (nSPS) is 14.2. The summed E-state index contributed by atoms with van der Waals surface area (Å²) in [6, 6.07) is 11.5. The number of amides is 1. The highest BCUT2D eigenvalue weighted by molar-refractivity contribution is 5.93. The van der Waals surface area contributed by atoms with E-state index in [1.54, 1.807) is 43.6 Å². The number of nitriles is 2. The van der Waals surface area contributed by atoms with Gasteiger partial charge < -0.3 is 14.8 Å². The van der Waals surface area contributed by atoms with Gasteiger partial charge in [0.2, 0.25) is 11.8 Å². The first-order chi connectivity index (χ1) is 15.8. The Labute approximate surface area is 191 Å². The van der Waals surface area contributed by atoms with E-state index >= 15 is 0 Å². The lowest BCUT2D eigenvalue weighted by Crippen LogP contribution is -2.19. The van der Waals surface area contributed by atoms with E-state index in [2.05, 4.69) is 21.5 Å². The summed E-state index contributed by atoms with van der Waals surface area (Å²) in [5.74, 6) is 1.36. The van der Waals surface area contributed by atoms with E-state index in [9.17, 15) is 10.1 Å². The van der Waals surface area contributed by atoms with Crippen LogP contribution in [0.4, 0.5) is 5.82 Å². The molecule has 1 atom stereocenters. The molecule has 1 fully saturated rings. The predicted octanol–water partition coefficient (Wildman–Crippen LogP) is 3.96. The molecular weight excluding hydrogens is 420 g/mol. The van der Waals surface area contributed by atoms with E-state index in [0.29, 0.717) is 17.1 Å². The van der Waals surface area contributed by atoms with Gasteiger partial charge in [0.05, 0.1) is 23.2 Å². The number of nitrogens with one attached hydrogen (secondary N) is 1. The Hall–Kier alpha value is -4.11. The molecule has 168 valence electrons. The Bertz CT molecular complexity index is 1280. The van der Waals surface area contributed by atoms with Gasteiger partial charge >= 0.3 is 0 Å². The number of pyridine rings is 2. The standard InChI is InChI=1S/C24H24N6O3/c1-15(11-25)33-22-10-19(20(12-27-22)32-14-24(2,3)13-26)17-6-7-30-18(8-17)9-21(29-30)28-23(31)16-4-5-16/h6-10,12,15-16H,4-5,14H2,1-3H3,(H,28,29,31). The quantitative estimate of drug-likeness (QED) is 0.557. The van der Waals surface area contributed by atoms with Crippen LogP contribution >= 0.6 is 0 Å². The number of carbonyl (C=O) groups excluding carboxylic acids is 1. The van der Waals surface area contributed by atoms with E-state index in [1.165, 1.54) is 6.20 Å². The largest absolute Gasteiger partial charge is 0.490 e. The fraction of sp³-hybridized carbons (Fsp3) is 0.375. The molecule has 1 amide bonds. The first kappa shape index (κ1) is 22.1. The summed E-state index contributed by atoms with van der Waals surface area (Å²) in [6.45, 7) is 5.40. The molecule has 0 bridgehead atoms. The van der Waals surface area contributed by atoms with E-state index in [0.717, 1.165) is 23.9 Å². The van der Waals surface area contributed by atoms with E-state index in [-0.39, 0.29) is 24.3 Å². The fourth-order valence-corrected chi connectivity index (χ4v) is 3.12. The van der Waals surface area contributed by atoms with Crippen molar-refractivity contribution in [1.29, 1.82) is 10.5 Å². The Kier molecular flexibility index (Phi) is 5.89. The first-order valence-electron chi connectivity index (χ1n) is 10.7. The van der Waals surface area contributed by atoms with Crippen molar-refractivity contribution in [2.24, 2.45) is 11.3 Å². The summed E-state index contributed by atoms with van der Waals surface area (Å²) in [6.07, 6.45) is 4.50. The van der Waals surface area contributed by atoms with Gasteiger partial charge in [0.15, 0.2) is 11.9 Å². The summed E-state index contributed by atoms with van der Waals surface area (Å²) < 4.78 is 13.2. The third kappa shape index (κ3) is 5.21. The molecule has 3 heterocycles. The number of fused-ring (bicyclic) bond motifs is 1. The van der Waals surface area contributed by atoms with Crippen molar-refractivity contribution in [2.45, 2.75) is 39.7 Å². The van der Waals surface area contributed by atoms with Gasteiger partial charge in [-0.15, -0.1) is 0 Å². The van der Waals surface area contributed by atoms with Crippen LogP contribution in [0.25, 0.3) is 16.6 Å². The Balaban J connectivity index is 1.67. The predicted molar refractivity (Wildman–Crippen MR) is 120 cm³/mol. The van der Waals surface area contributed by atoms with Crippen LogP contribution in [-0.2, 0) is 4.79 Å². The van der Waals surface area contributed by atoms with Gasteiger partial charge in [-0.3, -0.25) is 4.79 Å². The molecule has 1 aliphatic carbocycles. The topological polar surface area (TPSA) is 125 Å². The smallest absolute Gasteiger partial charge is 0.228 e. The molecular formula is C24H24N6O3. The second-order valence-electron chi connectivity index (χ2n) is 8.77. The van der Waals surface area contributed by atoms with Crippen molar-refractivity contribution in [3.8, 4) is 34.9 Å². The monoisotopic (exact) mass is 444 g/mol. The van der Waals surface area contributed by atoms with Crippen molar-refractivity contribution >= 4 is 17.2 Å². The molecule has 0 spiro atoms. The maximum atomic E-state index is 12.1. The van der Waals surface area contributed by atoms with Crippen LogP contribution in [0.2, 0.25) is 0 Å². The molecule has 0 radical (unpaired) electrons. The van der Waals surface area contributed by atoms with Crippen LogP contribution < -0.4 is 14.8 Å². The molecule has 0 aromatic carbocycles. The molecule has 1 saturated carbocycles. The Morgan fingerprint density at radius 3 is 2.82 bits per heavy atom. The van der Waals surface area contributed by atoms with Crippen molar-refractivity contribution in [3.63, 3.8) is 0 Å². The Morgan fingerprint density at radius 1 is 1.33 bits per heavy atom. The van der Waals surface area contributed by atoms with Crippen molar-refractivity contribution in [3.05, 3.63) is 36.7 Å². The highest BCUT2D eigenvalue weighted by Gasteiger charge is 2.30. The third-order valence-electron chi connectivity index (χ3n) is 5.19. The molecule has 9 nitrogen and oxygen atoms in total. The lowest BCUT2D eigenvalue weighted by molar-refractivity contribution is -0.117. The van der Waals surface area contributed by atoms with Crippen LogP contribution in [0, 0.1) is 34.0 Å². The molecule has 0 aliphatic heterocycles. The summed E-state index contributed by atoms with van der Waals surface area (Å²) >= 11 is 0. The van der Waals surface area contributed by atoms with E-state index in [1.807, 2.05) is 18.2 Å². The molecule has 3 aromatic rings. The molecule has 1 aliphatic rings. The van der Waals surface area contributed by atoms with Crippen LogP contribution in [0.15, 0.2) is 36.7 Å². The molecule has 33 heavy (non-hydrogen) atoms. The number of carbonyl (C=O) groups is 1. The number of rotatable bonds is 8. The molecule has 4 rings (SSSR count).